The highest BCUT2D eigenvalue weighted by Crippen LogP contribution is 2.33. The van der Waals surface area contributed by atoms with Crippen LogP contribution < -0.4 is 26.4 Å². The molecule has 15 atom stereocenters. The Morgan fingerprint density at radius 3 is 1.42 bits per heavy atom. The van der Waals surface area contributed by atoms with Crippen molar-refractivity contribution >= 4 is 23.4 Å². The molecule has 1 aromatic rings. The van der Waals surface area contributed by atoms with Crippen LogP contribution in [-0.2, 0) is 38.1 Å². The zero-order valence-corrected chi connectivity index (χ0v) is 27.5. The predicted molar refractivity (Wildman–Crippen MR) is 165 cm³/mol. The van der Waals surface area contributed by atoms with Crippen molar-refractivity contribution in [2.45, 2.75) is 113 Å². The van der Waals surface area contributed by atoms with Gasteiger partial charge in [-0.05, 0) is 24.3 Å². The number of aliphatic hydroxyl groups excluding tert-OH is 7. The highest BCUT2D eigenvalue weighted by atomic mass is 16.7. The fourth-order valence-corrected chi connectivity index (χ4v) is 6.04. The largest absolute Gasteiger partial charge is 0.463 e. The molecule has 12 N–H and O–H groups in total. The summed E-state index contributed by atoms with van der Waals surface area (Å²) in [6, 6.07) is 1.96. The minimum Gasteiger partial charge on any atom is -0.463 e. The molecule has 282 valence electrons. The Bertz CT molecular complexity index is 1290. The van der Waals surface area contributed by atoms with Gasteiger partial charge in [0.15, 0.2) is 12.6 Å². The molecule has 0 aromatic heterocycles. The molecule has 4 rings (SSSR count). The molecule has 3 fully saturated rings. The van der Waals surface area contributed by atoms with Gasteiger partial charge in [-0.1, -0.05) is 0 Å². The highest BCUT2D eigenvalue weighted by Gasteiger charge is 2.54. The van der Waals surface area contributed by atoms with Crippen LogP contribution >= 0.6 is 0 Å². The quantitative estimate of drug-likeness (QED) is 0.0898. The van der Waals surface area contributed by atoms with Crippen LogP contribution in [0.3, 0.4) is 0 Å². The van der Waals surface area contributed by atoms with Crippen molar-refractivity contribution in [1.29, 1.82) is 0 Å². The third-order valence-electron chi connectivity index (χ3n) is 8.41. The number of hydrogen-bond donors (Lipinski definition) is 11. The van der Waals surface area contributed by atoms with E-state index >= 15 is 0 Å². The van der Waals surface area contributed by atoms with Crippen molar-refractivity contribution in [2.75, 3.05) is 25.6 Å². The Labute approximate surface area is 286 Å². The van der Waals surface area contributed by atoms with Crippen LogP contribution in [0.25, 0.3) is 0 Å². The summed E-state index contributed by atoms with van der Waals surface area (Å²) in [7, 11) is 0. The zero-order valence-electron chi connectivity index (χ0n) is 27.5. The molecule has 20 nitrogen and oxygen atoms in total. The van der Waals surface area contributed by atoms with Gasteiger partial charge >= 0.3 is 0 Å². The second-order valence-electron chi connectivity index (χ2n) is 12.2. The Morgan fingerprint density at radius 1 is 0.620 bits per heavy atom. The molecule has 0 aliphatic carbocycles. The van der Waals surface area contributed by atoms with E-state index in [4.69, 9.17) is 34.2 Å². The van der Waals surface area contributed by atoms with E-state index in [1.807, 2.05) is 0 Å². The van der Waals surface area contributed by atoms with Gasteiger partial charge in [0.05, 0.1) is 19.8 Å². The Hall–Kier alpha value is -3.25. The predicted octanol–water partition coefficient (Wildman–Crippen LogP) is -5.47. The Balaban J connectivity index is 1.60. The lowest BCUT2D eigenvalue weighted by Crippen LogP contribution is -2.71. The van der Waals surface area contributed by atoms with Crippen molar-refractivity contribution in [3.05, 3.63) is 24.3 Å². The number of nitrogen functional groups attached to an aromatic ring is 1. The van der Waals surface area contributed by atoms with Gasteiger partial charge in [0.25, 0.3) is 0 Å². The number of nitrogens with two attached hydrogens (primary N) is 1. The lowest BCUT2D eigenvalue weighted by Gasteiger charge is -2.50. The Kier molecular flexibility index (Phi) is 13.7. The van der Waals surface area contributed by atoms with Gasteiger partial charge in [0.1, 0.15) is 78.8 Å². The van der Waals surface area contributed by atoms with Crippen LogP contribution in [0.5, 0.6) is 5.75 Å². The first-order valence-electron chi connectivity index (χ1n) is 15.8. The van der Waals surface area contributed by atoms with Gasteiger partial charge in [-0.25, -0.2) is 0 Å². The summed E-state index contributed by atoms with van der Waals surface area (Å²) in [5.74, 6) is -1.63. The summed E-state index contributed by atoms with van der Waals surface area (Å²) in [4.78, 5) is 36.3. The molecule has 0 unspecified atom stereocenters. The topological polar surface area (TPSA) is 310 Å². The number of amides is 3. The first-order valence-corrected chi connectivity index (χ1v) is 15.8. The molecule has 20 heteroatoms. The molecule has 1 aromatic carbocycles. The molecule has 0 saturated carbocycles. The van der Waals surface area contributed by atoms with Gasteiger partial charge in [-0.2, -0.15) is 0 Å². The lowest BCUT2D eigenvalue weighted by atomic mass is 9.93. The lowest BCUT2D eigenvalue weighted by molar-refractivity contribution is -0.350. The molecule has 3 heterocycles. The van der Waals surface area contributed by atoms with Crippen LogP contribution in [0.1, 0.15) is 20.8 Å². The van der Waals surface area contributed by atoms with Crippen LogP contribution in [0.4, 0.5) is 5.69 Å². The van der Waals surface area contributed by atoms with E-state index in [1.165, 1.54) is 19.1 Å². The maximum Gasteiger partial charge on any atom is 0.223 e. The molecule has 3 aliphatic rings. The number of rotatable bonds is 12. The maximum absolute atomic E-state index is 12.3. The van der Waals surface area contributed by atoms with E-state index in [-0.39, 0.29) is 5.75 Å². The number of anilines is 1. The molecule has 3 aliphatic heterocycles. The van der Waals surface area contributed by atoms with Gasteiger partial charge in [-0.15, -0.1) is 0 Å². The van der Waals surface area contributed by atoms with Crippen molar-refractivity contribution in [1.82, 2.24) is 16.0 Å². The third-order valence-corrected chi connectivity index (χ3v) is 8.41. The number of aliphatic hydroxyl groups is 7. The Morgan fingerprint density at radius 2 is 1.00 bits per heavy atom. The summed E-state index contributed by atoms with van der Waals surface area (Å²) in [6.07, 6.45) is -18.6. The van der Waals surface area contributed by atoms with Crippen molar-refractivity contribution in [2.24, 2.45) is 0 Å². The number of carbonyl (C=O) groups is 3. The molecular weight excluding hydrogens is 672 g/mol. The minimum absolute atomic E-state index is 0.263. The molecule has 0 bridgehead atoms. The van der Waals surface area contributed by atoms with Gasteiger partial charge in [0, 0.05) is 26.5 Å². The van der Waals surface area contributed by atoms with Crippen molar-refractivity contribution < 1.29 is 78.6 Å². The fourth-order valence-electron chi connectivity index (χ4n) is 6.04. The van der Waals surface area contributed by atoms with E-state index in [9.17, 15) is 50.1 Å². The van der Waals surface area contributed by atoms with E-state index in [0.29, 0.717) is 5.69 Å². The van der Waals surface area contributed by atoms with Gasteiger partial charge < -0.3 is 85.9 Å². The number of benzene rings is 1. The van der Waals surface area contributed by atoms with E-state index in [2.05, 4.69) is 16.0 Å². The molecule has 3 amide bonds. The van der Waals surface area contributed by atoms with Crippen LogP contribution in [0.2, 0.25) is 0 Å². The molecule has 3 saturated heterocycles. The first-order chi connectivity index (χ1) is 23.7. The summed E-state index contributed by atoms with van der Waals surface area (Å²) in [6.45, 7) is 1.11. The average Bonchev–Trinajstić information content (AvgIpc) is 3.06. The first kappa shape index (κ1) is 39.5. The smallest absolute Gasteiger partial charge is 0.223 e. The second-order valence-corrected chi connectivity index (χ2v) is 12.2. The monoisotopic (exact) mass is 718 g/mol. The zero-order chi connectivity index (χ0) is 36.9. The molecule has 0 radical (unpaired) electrons. The number of hydrogen-bond acceptors (Lipinski definition) is 17. The summed E-state index contributed by atoms with van der Waals surface area (Å²) in [5, 5.41) is 81.7. The third kappa shape index (κ3) is 9.15. The van der Waals surface area contributed by atoms with Crippen LogP contribution in [-0.4, -0.2) is 165 Å². The minimum atomic E-state index is -1.78. The highest BCUT2D eigenvalue weighted by molar-refractivity contribution is 5.74. The fraction of sp³-hybridized carbons (Fsp3) is 0.700. The molecular formula is C30H46N4O16. The summed E-state index contributed by atoms with van der Waals surface area (Å²) < 4.78 is 35.3. The van der Waals surface area contributed by atoms with Crippen molar-refractivity contribution in [3.8, 4) is 5.75 Å². The normalized spacial score (nSPS) is 38.9. The van der Waals surface area contributed by atoms with E-state index in [0.717, 1.165) is 13.8 Å². The standard InChI is InChI=1S/C30H46N4O16/c1-11(38)32-19-23(42)22(41)16(8-35)46-29(19)49-27-18(10-37)48-30(21(25(27)44)34-13(3)40)50-26-17(9-36)47-28(20(24(26)43)33-12(2)39)45-15-6-4-14(31)5-7-15/h4-7,16-30,35-37,41-44H,8-10,31H2,1-3H3,(H,32,38)(H,33,39)(H,34,40)/t16-,17-,18-,19-,20-,21-,22-,23-,24-,25-,26-,27-,28-,29+,30+/m1/s1. The maximum atomic E-state index is 12.3. The number of carbonyl (C=O) groups excluding carboxylic acids is 3. The molecule has 0 spiro atoms. The number of nitrogens with one attached hydrogen (secondary N) is 3. The van der Waals surface area contributed by atoms with Crippen molar-refractivity contribution in [3.63, 3.8) is 0 Å². The average molecular weight is 719 g/mol. The SMILES string of the molecule is CC(=O)N[C@H]1[C@H](Oc2ccc(N)cc2)O[C@H](CO)[C@@H](O[C@@H]2O[C@H](CO)[C@@H](O[C@@H]3O[C@H](CO)[C@@H](O)[C@H](O)[C@H]3NC(C)=O)[C@H](O)[C@H]2NC(C)=O)[C@@H]1O. The summed E-state index contributed by atoms with van der Waals surface area (Å²) >= 11 is 0. The van der Waals surface area contributed by atoms with Gasteiger partial charge in [-0.3, -0.25) is 14.4 Å². The van der Waals surface area contributed by atoms with E-state index < -0.39 is 129 Å². The van der Waals surface area contributed by atoms with Crippen LogP contribution in [0.15, 0.2) is 24.3 Å². The molecule has 50 heavy (non-hydrogen) atoms. The van der Waals surface area contributed by atoms with Gasteiger partial charge in [0.2, 0.25) is 24.0 Å². The van der Waals surface area contributed by atoms with E-state index in [1.54, 1.807) is 12.1 Å². The summed E-state index contributed by atoms with van der Waals surface area (Å²) in [5.41, 5.74) is 6.18. The number of ether oxygens (including phenoxy) is 6. The van der Waals surface area contributed by atoms with Crippen LogP contribution in [0, 0.1) is 0 Å². The second kappa shape index (κ2) is 17.3.